The van der Waals surface area contributed by atoms with Crippen molar-refractivity contribution in [2.45, 2.75) is 6.92 Å². The number of pyridine rings is 1. The zero-order valence-electron chi connectivity index (χ0n) is 10.00. The van der Waals surface area contributed by atoms with Gasteiger partial charge in [-0.1, -0.05) is 36.4 Å². The average Bonchev–Trinajstić information content (AvgIpc) is 2.80. The summed E-state index contributed by atoms with van der Waals surface area (Å²) in [5.74, 6) is 0.811. The highest BCUT2D eigenvalue weighted by atomic mass is 16.1. The van der Waals surface area contributed by atoms with E-state index in [2.05, 4.69) is 4.98 Å². The molecule has 0 aliphatic rings. The Bertz CT molecular complexity index is 714. The van der Waals surface area contributed by atoms with Crippen molar-refractivity contribution in [3.05, 3.63) is 59.9 Å². The summed E-state index contributed by atoms with van der Waals surface area (Å²) >= 11 is 0. The van der Waals surface area contributed by atoms with E-state index in [1.807, 2.05) is 59.9 Å². The summed E-state index contributed by atoms with van der Waals surface area (Å²) in [7, 11) is 0. The Morgan fingerprint density at radius 1 is 1.06 bits per heavy atom. The number of aldehydes is 1. The fourth-order valence-corrected chi connectivity index (χ4v) is 2.19. The van der Waals surface area contributed by atoms with Gasteiger partial charge in [0.2, 0.25) is 0 Å². The summed E-state index contributed by atoms with van der Waals surface area (Å²) in [4.78, 5) is 15.5. The lowest BCUT2D eigenvalue weighted by Crippen LogP contribution is -1.93. The molecule has 18 heavy (non-hydrogen) atoms. The Morgan fingerprint density at radius 2 is 1.83 bits per heavy atom. The van der Waals surface area contributed by atoms with Crippen molar-refractivity contribution in [1.29, 1.82) is 0 Å². The number of nitrogens with zero attached hydrogens (tertiary/aromatic N) is 2. The van der Waals surface area contributed by atoms with E-state index in [9.17, 15) is 4.79 Å². The van der Waals surface area contributed by atoms with Gasteiger partial charge in [-0.15, -0.1) is 0 Å². The molecule has 0 radical (unpaired) electrons. The van der Waals surface area contributed by atoms with Crippen LogP contribution in [-0.2, 0) is 0 Å². The molecule has 0 amide bonds. The van der Waals surface area contributed by atoms with Crippen molar-refractivity contribution in [1.82, 2.24) is 9.38 Å². The summed E-state index contributed by atoms with van der Waals surface area (Å²) in [6.45, 7) is 2.01. The molecule has 3 nitrogen and oxygen atoms in total. The number of hydrogen-bond donors (Lipinski definition) is 0. The van der Waals surface area contributed by atoms with E-state index in [1.54, 1.807) is 0 Å². The van der Waals surface area contributed by atoms with E-state index in [0.29, 0.717) is 5.69 Å². The topological polar surface area (TPSA) is 34.4 Å². The van der Waals surface area contributed by atoms with Crippen LogP contribution in [0.5, 0.6) is 0 Å². The van der Waals surface area contributed by atoms with E-state index < -0.39 is 0 Å². The van der Waals surface area contributed by atoms with Crippen LogP contribution >= 0.6 is 0 Å². The summed E-state index contributed by atoms with van der Waals surface area (Å²) < 4.78 is 2.01. The van der Waals surface area contributed by atoms with Crippen LogP contribution in [-0.4, -0.2) is 15.7 Å². The van der Waals surface area contributed by atoms with Gasteiger partial charge >= 0.3 is 0 Å². The number of carbonyl (C=O) groups excluding carboxylic acids is 1. The molecule has 0 unspecified atom stereocenters. The number of benzene rings is 1. The molecule has 88 valence electrons. The van der Waals surface area contributed by atoms with Crippen LogP contribution in [0.3, 0.4) is 0 Å². The van der Waals surface area contributed by atoms with Gasteiger partial charge in [0.1, 0.15) is 11.5 Å². The van der Waals surface area contributed by atoms with Crippen LogP contribution in [0, 0.1) is 6.92 Å². The third-order valence-corrected chi connectivity index (χ3v) is 3.03. The third kappa shape index (κ3) is 1.52. The maximum Gasteiger partial charge on any atom is 0.170 e. The lowest BCUT2D eigenvalue weighted by molar-refractivity contribution is 0.112. The van der Waals surface area contributed by atoms with Gasteiger partial charge in [0.05, 0.1) is 5.52 Å². The molecule has 0 aliphatic heterocycles. The van der Waals surface area contributed by atoms with E-state index in [0.717, 1.165) is 28.9 Å². The lowest BCUT2D eigenvalue weighted by Gasteiger charge is -2.04. The van der Waals surface area contributed by atoms with Crippen molar-refractivity contribution in [3.8, 4) is 11.4 Å². The molecule has 3 rings (SSSR count). The van der Waals surface area contributed by atoms with Gasteiger partial charge in [0.15, 0.2) is 6.29 Å². The first-order valence-electron chi connectivity index (χ1n) is 5.80. The second-order valence-electron chi connectivity index (χ2n) is 4.19. The van der Waals surface area contributed by atoms with Gasteiger partial charge in [-0.05, 0) is 19.1 Å². The number of imidazole rings is 1. The van der Waals surface area contributed by atoms with Gasteiger partial charge < -0.3 is 0 Å². The van der Waals surface area contributed by atoms with E-state index in [4.69, 9.17) is 0 Å². The van der Waals surface area contributed by atoms with Crippen LogP contribution in [0.2, 0.25) is 0 Å². The Kier molecular flexibility index (Phi) is 2.45. The number of rotatable bonds is 2. The molecule has 0 saturated heterocycles. The Hall–Kier alpha value is -2.42. The second kappa shape index (κ2) is 4.11. The molecule has 2 aromatic heterocycles. The Morgan fingerprint density at radius 3 is 2.56 bits per heavy atom. The van der Waals surface area contributed by atoms with Crippen LogP contribution < -0.4 is 0 Å². The largest absolute Gasteiger partial charge is 0.296 e. The average molecular weight is 236 g/mol. The molecule has 3 heteroatoms. The minimum absolute atomic E-state index is 0.484. The normalized spacial score (nSPS) is 10.7. The molecule has 0 fully saturated rings. The molecule has 0 bridgehead atoms. The highest BCUT2D eigenvalue weighted by Crippen LogP contribution is 2.23. The SMILES string of the molecule is Cc1cccc2c(C=O)nc(-c3ccccc3)n12. The van der Waals surface area contributed by atoms with Gasteiger partial charge in [-0.25, -0.2) is 4.98 Å². The standard InChI is InChI=1S/C15H12N2O/c1-11-6-5-9-14-13(10-18)16-15(17(11)14)12-7-3-2-4-8-12/h2-10H,1H3. The first-order valence-corrected chi connectivity index (χ1v) is 5.80. The molecular formula is C15H12N2O. The quantitative estimate of drug-likeness (QED) is 0.641. The summed E-state index contributed by atoms with van der Waals surface area (Å²) in [5.41, 5.74) is 3.41. The van der Waals surface area contributed by atoms with Crippen molar-refractivity contribution in [3.63, 3.8) is 0 Å². The minimum atomic E-state index is 0.484. The third-order valence-electron chi connectivity index (χ3n) is 3.03. The zero-order valence-corrected chi connectivity index (χ0v) is 10.00. The molecule has 2 heterocycles. The van der Waals surface area contributed by atoms with E-state index in [-0.39, 0.29) is 0 Å². The van der Waals surface area contributed by atoms with Crippen molar-refractivity contribution >= 4 is 11.8 Å². The number of aromatic nitrogens is 2. The fraction of sp³-hybridized carbons (Fsp3) is 0.0667. The summed E-state index contributed by atoms with van der Waals surface area (Å²) in [6.07, 6.45) is 0.807. The van der Waals surface area contributed by atoms with Crippen molar-refractivity contribution in [2.75, 3.05) is 0 Å². The minimum Gasteiger partial charge on any atom is -0.296 e. The first-order chi connectivity index (χ1) is 8.81. The van der Waals surface area contributed by atoms with Crippen LogP contribution in [0.1, 0.15) is 16.2 Å². The molecule has 1 aromatic carbocycles. The van der Waals surface area contributed by atoms with E-state index in [1.165, 1.54) is 0 Å². The van der Waals surface area contributed by atoms with Crippen molar-refractivity contribution < 1.29 is 4.79 Å². The predicted molar refractivity (Wildman–Crippen MR) is 70.8 cm³/mol. The monoisotopic (exact) mass is 236 g/mol. The maximum atomic E-state index is 11.1. The zero-order chi connectivity index (χ0) is 12.5. The molecule has 0 spiro atoms. The summed E-state index contributed by atoms with van der Waals surface area (Å²) in [6, 6.07) is 15.8. The fourth-order valence-electron chi connectivity index (χ4n) is 2.19. The summed E-state index contributed by atoms with van der Waals surface area (Å²) in [5, 5.41) is 0. The molecule has 0 saturated carbocycles. The van der Waals surface area contributed by atoms with Crippen molar-refractivity contribution in [2.24, 2.45) is 0 Å². The molecule has 0 atom stereocenters. The molecule has 3 aromatic rings. The second-order valence-corrected chi connectivity index (χ2v) is 4.19. The smallest absolute Gasteiger partial charge is 0.170 e. The van der Waals surface area contributed by atoms with Crippen LogP contribution in [0.15, 0.2) is 48.5 Å². The van der Waals surface area contributed by atoms with Gasteiger partial charge in [0.25, 0.3) is 0 Å². The van der Waals surface area contributed by atoms with E-state index >= 15 is 0 Å². The first kappa shape index (κ1) is 10.7. The molecule has 0 N–H and O–H groups in total. The lowest BCUT2D eigenvalue weighted by atomic mass is 10.2. The molecule has 0 aliphatic carbocycles. The van der Waals surface area contributed by atoms with Gasteiger partial charge in [-0.2, -0.15) is 0 Å². The van der Waals surface area contributed by atoms with Crippen LogP contribution in [0.4, 0.5) is 0 Å². The number of hydrogen-bond acceptors (Lipinski definition) is 2. The maximum absolute atomic E-state index is 11.1. The predicted octanol–water partition coefficient (Wildman–Crippen LogP) is 3.12. The number of fused-ring (bicyclic) bond motifs is 1. The van der Waals surface area contributed by atoms with Gasteiger partial charge in [-0.3, -0.25) is 9.20 Å². The Labute approximate surface area is 105 Å². The van der Waals surface area contributed by atoms with Gasteiger partial charge in [0, 0.05) is 11.3 Å². The number of aryl methyl sites for hydroxylation is 1. The highest BCUT2D eigenvalue weighted by molar-refractivity contribution is 5.86. The number of carbonyl (C=O) groups is 1. The molecular weight excluding hydrogens is 224 g/mol. The highest BCUT2D eigenvalue weighted by Gasteiger charge is 2.12. The Balaban J connectivity index is 2.40. The van der Waals surface area contributed by atoms with Crippen LogP contribution in [0.25, 0.3) is 16.9 Å².